The average Bonchev–Trinajstić information content (AvgIpc) is 2.30. The van der Waals surface area contributed by atoms with Gasteiger partial charge in [0, 0.05) is 22.9 Å². The van der Waals surface area contributed by atoms with Crippen molar-refractivity contribution in [2.24, 2.45) is 5.41 Å². The Hall–Kier alpha value is -0.440. The summed E-state index contributed by atoms with van der Waals surface area (Å²) in [6, 6.07) is 5.86. The summed E-state index contributed by atoms with van der Waals surface area (Å²) < 4.78 is 6.00. The van der Waals surface area contributed by atoms with E-state index in [0.29, 0.717) is 21.8 Å². The quantitative estimate of drug-likeness (QED) is 0.898. The Balaban J connectivity index is 2.03. The molecule has 1 saturated carbocycles. The summed E-state index contributed by atoms with van der Waals surface area (Å²) in [5, 5.41) is 4.68. The van der Waals surface area contributed by atoms with Gasteiger partial charge in [0.15, 0.2) is 0 Å². The molecule has 2 nitrogen and oxygen atoms in total. The highest BCUT2D eigenvalue weighted by molar-refractivity contribution is 6.35. The van der Waals surface area contributed by atoms with Crippen LogP contribution >= 0.6 is 23.2 Å². The first-order chi connectivity index (χ1) is 8.45. The van der Waals surface area contributed by atoms with E-state index >= 15 is 0 Å². The van der Waals surface area contributed by atoms with Gasteiger partial charge in [-0.1, -0.05) is 44.0 Å². The summed E-state index contributed by atoms with van der Waals surface area (Å²) >= 11 is 12.0. The lowest BCUT2D eigenvalue weighted by Crippen LogP contribution is -2.62. The highest BCUT2D eigenvalue weighted by Gasteiger charge is 2.49. The maximum Gasteiger partial charge on any atom is 0.138 e. The molecule has 2 atom stereocenters. The number of hydrogen-bond donors (Lipinski definition) is 1. The third-order valence-corrected chi connectivity index (χ3v) is 4.32. The lowest BCUT2D eigenvalue weighted by molar-refractivity contribution is -0.0540. The lowest BCUT2D eigenvalue weighted by Gasteiger charge is -2.51. The molecular weight excluding hydrogens is 269 g/mol. The molecule has 0 amide bonds. The fourth-order valence-electron chi connectivity index (χ4n) is 2.40. The highest BCUT2D eigenvalue weighted by atomic mass is 35.5. The van der Waals surface area contributed by atoms with Gasteiger partial charge in [0.25, 0.3) is 0 Å². The van der Waals surface area contributed by atoms with E-state index < -0.39 is 0 Å². The van der Waals surface area contributed by atoms with Crippen molar-refractivity contribution < 1.29 is 4.74 Å². The number of hydrogen-bond acceptors (Lipinski definition) is 2. The first-order valence-electron chi connectivity index (χ1n) is 6.30. The zero-order chi connectivity index (χ0) is 13.3. The second-order valence-corrected chi connectivity index (χ2v) is 6.19. The van der Waals surface area contributed by atoms with Gasteiger partial charge in [0.2, 0.25) is 0 Å². The zero-order valence-electron chi connectivity index (χ0n) is 11.0. The van der Waals surface area contributed by atoms with Crippen molar-refractivity contribution in [2.45, 2.75) is 39.3 Å². The molecule has 1 N–H and O–H groups in total. The van der Waals surface area contributed by atoms with Crippen LogP contribution in [0.4, 0.5) is 0 Å². The van der Waals surface area contributed by atoms with Crippen LogP contribution in [0.1, 0.15) is 27.2 Å². The molecule has 2 rings (SSSR count). The van der Waals surface area contributed by atoms with Crippen LogP contribution in [0, 0.1) is 5.41 Å². The van der Waals surface area contributed by atoms with Crippen LogP contribution < -0.4 is 10.1 Å². The molecule has 2 unspecified atom stereocenters. The van der Waals surface area contributed by atoms with Crippen LogP contribution in [0.2, 0.25) is 10.0 Å². The largest absolute Gasteiger partial charge is 0.488 e. The topological polar surface area (TPSA) is 21.3 Å². The van der Waals surface area contributed by atoms with Gasteiger partial charge in [-0.15, -0.1) is 0 Å². The second kappa shape index (κ2) is 5.28. The smallest absolute Gasteiger partial charge is 0.138 e. The second-order valence-electron chi connectivity index (χ2n) is 5.35. The third kappa shape index (κ3) is 2.61. The van der Waals surface area contributed by atoms with E-state index in [-0.39, 0.29) is 11.5 Å². The molecule has 1 aliphatic carbocycles. The van der Waals surface area contributed by atoms with Crippen LogP contribution in [0.25, 0.3) is 0 Å². The maximum atomic E-state index is 6.12. The SMILES string of the molecule is CCNC1CC(Oc2ccc(Cl)cc2Cl)C1(C)C. The number of halogens is 2. The van der Waals surface area contributed by atoms with E-state index in [1.54, 1.807) is 12.1 Å². The standard InChI is InChI=1S/C14H19Cl2NO/c1-4-17-12-8-13(14(12,2)3)18-11-6-5-9(15)7-10(11)16/h5-7,12-13,17H,4,8H2,1-3H3. The van der Waals surface area contributed by atoms with E-state index in [4.69, 9.17) is 27.9 Å². The Morgan fingerprint density at radius 2 is 2.11 bits per heavy atom. The Kier molecular flexibility index (Phi) is 4.10. The molecule has 0 heterocycles. The average molecular weight is 288 g/mol. The lowest BCUT2D eigenvalue weighted by atomic mass is 9.64. The summed E-state index contributed by atoms with van der Waals surface area (Å²) in [6.07, 6.45) is 1.21. The van der Waals surface area contributed by atoms with Crippen molar-refractivity contribution in [1.29, 1.82) is 0 Å². The summed E-state index contributed by atoms with van der Waals surface area (Å²) in [6.45, 7) is 7.56. The number of nitrogens with one attached hydrogen (secondary N) is 1. The Labute approximate surface area is 119 Å². The highest BCUT2D eigenvalue weighted by Crippen LogP contribution is 2.44. The molecule has 0 aliphatic heterocycles. The van der Waals surface area contributed by atoms with Gasteiger partial charge >= 0.3 is 0 Å². The molecule has 0 bridgehead atoms. The molecule has 18 heavy (non-hydrogen) atoms. The molecule has 0 spiro atoms. The third-order valence-electron chi connectivity index (χ3n) is 3.79. The predicted molar refractivity (Wildman–Crippen MR) is 76.7 cm³/mol. The number of benzene rings is 1. The van der Waals surface area contributed by atoms with E-state index in [1.165, 1.54) is 0 Å². The fourth-order valence-corrected chi connectivity index (χ4v) is 2.86. The van der Waals surface area contributed by atoms with E-state index in [1.807, 2.05) is 6.07 Å². The Bertz CT molecular complexity index is 434. The van der Waals surface area contributed by atoms with Crippen molar-refractivity contribution in [3.05, 3.63) is 28.2 Å². The van der Waals surface area contributed by atoms with E-state index in [9.17, 15) is 0 Å². The normalized spacial score (nSPS) is 25.6. The van der Waals surface area contributed by atoms with E-state index in [2.05, 4.69) is 26.1 Å². The predicted octanol–water partition coefficient (Wildman–Crippen LogP) is 4.15. The van der Waals surface area contributed by atoms with Crippen molar-refractivity contribution in [2.75, 3.05) is 6.54 Å². The molecule has 1 aromatic rings. The Morgan fingerprint density at radius 1 is 1.39 bits per heavy atom. The molecule has 0 saturated heterocycles. The van der Waals surface area contributed by atoms with Crippen LogP contribution in [-0.2, 0) is 0 Å². The number of rotatable bonds is 4. The van der Waals surface area contributed by atoms with Crippen LogP contribution in [-0.4, -0.2) is 18.7 Å². The van der Waals surface area contributed by atoms with Crippen LogP contribution in [0.3, 0.4) is 0 Å². The summed E-state index contributed by atoms with van der Waals surface area (Å²) in [4.78, 5) is 0. The molecule has 1 fully saturated rings. The Morgan fingerprint density at radius 3 is 2.67 bits per heavy atom. The van der Waals surface area contributed by atoms with Gasteiger partial charge in [-0.3, -0.25) is 0 Å². The van der Waals surface area contributed by atoms with Crippen molar-refractivity contribution in [3.8, 4) is 5.75 Å². The molecule has 1 aromatic carbocycles. The van der Waals surface area contributed by atoms with Gasteiger partial charge in [0.1, 0.15) is 11.9 Å². The first kappa shape index (κ1) is 14.0. The zero-order valence-corrected chi connectivity index (χ0v) is 12.5. The van der Waals surface area contributed by atoms with Crippen LogP contribution in [0.5, 0.6) is 5.75 Å². The van der Waals surface area contributed by atoms with Gasteiger partial charge in [-0.2, -0.15) is 0 Å². The molecule has 100 valence electrons. The van der Waals surface area contributed by atoms with Crippen molar-refractivity contribution in [1.82, 2.24) is 5.32 Å². The minimum atomic E-state index is 0.124. The van der Waals surface area contributed by atoms with Gasteiger partial charge < -0.3 is 10.1 Å². The summed E-state index contributed by atoms with van der Waals surface area (Å²) in [5.41, 5.74) is 0.124. The summed E-state index contributed by atoms with van der Waals surface area (Å²) in [7, 11) is 0. The van der Waals surface area contributed by atoms with Gasteiger partial charge in [0.05, 0.1) is 5.02 Å². The summed E-state index contributed by atoms with van der Waals surface area (Å²) in [5.74, 6) is 0.717. The first-order valence-corrected chi connectivity index (χ1v) is 7.05. The minimum Gasteiger partial charge on any atom is -0.488 e. The van der Waals surface area contributed by atoms with Crippen LogP contribution in [0.15, 0.2) is 18.2 Å². The van der Waals surface area contributed by atoms with E-state index in [0.717, 1.165) is 13.0 Å². The molecule has 4 heteroatoms. The van der Waals surface area contributed by atoms with Gasteiger partial charge in [-0.05, 0) is 24.7 Å². The molecular formula is C14H19Cl2NO. The monoisotopic (exact) mass is 287 g/mol. The maximum absolute atomic E-state index is 6.12. The molecule has 0 radical (unpaired) electrons. The van der Waals surface area contributed by atoms with Gasteiger partial charge in [-0.25, -0.2) is 0 Å². The minimum absolute atomic E-state index is 0.124. The van der Waals surface area contributed by atoms with Crippen molar-refractivity contribution in [3.63, 3.8) is 0 Å². The fraction of sp³-hybridized carbons (Fsp3) is 0.571. The number of ether oxygens (including phenoxy) is 1. The molecule has 0 aromatic heterocycles. The van der Waals surface area contributed by atoms with Crippen molar-refractivity contribution >= 4 is 23.2 Å². The molecule has 1 aliphatic rings.